The lowest BCUT2D eigenvalue weighted by molar-refractivity contribution is -0.121. The predicted octanol–water partition coefficient (Wildman–Crippen LogP) is 3.12. The van der Waals surface area contributed by atoms with Crippen molar-refractivity contribution in [3.05, 3.63) is 0 Å². The highest BCUT2D eigenvalue weighted by Crippen LogP contribution is 2.11. The number of rotatable bonds is 7. The SMILES string of the molecule is CCC(C)CCCCC(=O)NC(C)C. The Labute approximate surface area is 88.5 Å². The van der Waals surface area contributed by atoms with Gasteiger partial charge in [-0.1, -0.05) is 33.1 Å². The minimum atomic E-state index is 0.198. The third-order valence-electron chi connectivity index (χ3n) is 2.50. The summed E-state index contributed by atoms with van der Waals surface area (Å²) in [4.78, 5) is 11.3. The van der Waals surface area contributed by atoms with E-state index >= 15 is 0 Å². The molecule has 14 heavy (non-hydrogen) atoms. The summed E-state index contributed by atoms with van der Waals surface area (Å²) in [6.45, 7) is 8.48. The Bertz CT molecular complexity index is 154. The molecule has 0 heterocycles. The van der Waals surface area contributed by atoms with Crippen molar-refractivity contribution in [2.24, 2.45) is 5.92 Å². The standard InChI is InChI=1S/C12H25NO/c1-5-11(4)8-6-7-9-12(14)13-10(2)3/h10-11H,5-9H2,1-4H3,(H,13,14). The quantitative estimate of drug-likeness (QED) is 0.627. The van der Waals surface area contributed by atoms with Crippen molar-refractivity contribution in [3.63, 3.8) is 0 Å². The van der Waals surface area contributed by atoms with E-state index in [1.165, 1.54) is 19.3 Å². The minimum absolute atomic E-state index is 0.198. The highest BCUT2D eigenvalue weighted by molar-refractivity contribution is 5.76. The first kappa shape index (κ1) is 13.5. The molecule has 0 spiro atoms. The first-order chi connectivity index (χ1) is 6.56. The Morgan fingerprint density at radius 2 is 1.86 bits per heavy atom. The molecular formula is C12H25NO. The van der Waals surface area contributed by atoms with E-state index in [0.29, 0.717) is 6.42 Å². The molecule has 2 nitrogen and oxygen atoms in total. The van der Waals surface area contributed by atoms with Crippen LogP contribution in [-0.2, 0) is 4.79 Å². The molecule has 84 valence electrons. The predicted molar refractivity (Wildman–Crippen MR) is 61.2 cm³/mol. The summed E-state index contributed by atoms with van der Waals surface area (Å²) in [7, 11) is 0. The van der Waals surface area contributed by atoms with Crippen LogP contribution in [0.5, 0.6) is 0 Å². The van der Waals surface area contributed by atoms with Crippen molar-refractivity contribution in [2.75, 3.05) is 0 Å². The third-order valence-corrected chi connectivity index (χ3v) is 2.50. The largest absolute Gasteiger partial charge is 0.354 e. The van der Waals surface area contributed by atoms with Crippen molar-refractivity contribution in [3.8, 4) is 0 Å². The van der Waals surface area contributed by atoms with Crippen LogP contribution in [0, 0.1) is 5.92 Å². The van der Waals surface area contributed by atoms with Gasteiger partial charge in [-0.15, -0.1) is 0 Å². The summed E-state index contributed by atoms with van der Waals surface area (Å²) in [5, 5.41) is 2.91. The van der Waals surface area contributed by atoms with E-state index < -0.39 is 0 Å². The molecule has 1 unspecified atom stereocenters. The van der Waals surface area contributed by atoms with Crippen LogP contribution in [0.15, 0.2) is 0 Å². The summed E-state index contributed by atoms with van der Waals surface area (Å²) >= 11 is 0. The zero-order valence-corrected chi connectivity index (χ0v) is 10.1. The van der Waals surface area contributed by atoms with Crippen LogP contribution in [-0.4, -0.2) is 11.9 Å². The molecule has 0 aliphatic rings. The monoisotopic (exact) mass is 199 g/mol. The molecule has 2 heteroatoms. The van der Waals surface area contributed by atoms with Crippen molar-refractivity contribution >= 4 is 5.91 Å². The Kier molecular flexibility index (Phi) is 7.54. The van der Waals surface area contributed by atoms with Crippen molar-refractivity contribution in [2.45, 2.75) is 65.8 Å². The first-order valence-corrected chi connectivity index (χ1v) is 5.85. The van der Waals surface area contributed by atoms with Gasteiger partial charge >= 0.3 is 0 Å². The van der Waals surface area contributed by atoms with Crippen molar-refractivity contribution < 1.29 is 4.79 Å². The highest BCUT2D eigenvalue weighted by Gasteiger charge is 2.03. The molecule has 0 radical (unpaired) electrons. The van der Waals surface area contributed by atoms with E-state index in [1.54, 1.807) is 0 Å². The lowest BCUT2D eigenvalue weighted by Crippen LogP contribution is -2.29. The third kappa shape index (κ3) is 8.09. The van der Waals surface area contributed by atoms with Crippen LogP contribution in [0.4, 0.5) is 0 Å². The van der Waals surface area contributed by atoms with E-state index in [9.17, 15) is 4.79 Å². The molecule has 0 aromatic carbocycles. The molecule has 0 bridgehead atoms. The highest BCUT2D eigenvalue weighted by atomic mass is 16.1. The first-order valence-electron chi connectivity index (χ1n) is 5.85. The van der Waals surface area contributed by atoms with Gasteiger partial charge in [-0.25, -0.2) is 0 Å². The second-order valence-corrected chi connectivity index (χ2v) is 4.48. The molecule has 0 aliphatic carbocycles. The molecule has 0 aromatic heterocycles. The van der Waals surface area contributed by atoms with Crippen LogP contribution < -0.4 is 5.32 Å². The molecule has 0 rings (SSSR count). The van der Waals surface area contributed by atoms with E-state index in [2.05, 4.69) is 19.2 Å². The molecule has 0 aromatic rings. The van der Waals surface area contributed by atoms with Gasteiger partial charge in [0, 0.05) is 12.5 Å². The lowest BCUT2D eigenvalue weighted by Gasteiger charge is -2.09. The molecule has 0 fully saturated rings. The van der Waals surface area contributed by atoms with Gasteiger partial charge in [0.25, 0.3) is 0 Å². The normalized spacial score (nSPS) is 12.9. The molecule has 0 saturated carbocycles. The number of carbonyl (C=O) groups excluding carboxylic acids is 1. The van der Waals surface area contributed by atoms with Crippen LogP contribution in [0.25, 0.3) is 0 Å². The average molecular weight is 199 g/mol. The number of unbranched alkanes of at least 4 members (excludes halogenated alkanes) is 1. The van der Waals surface area contributed by atoms with Crippen LogP contribution in [0.3, 0.4) is 0 Å². The lowest BCUT2D eigenvalue weighted by atomic mass is 10.0. The van der Waals surface area contributed by atoms with Gasteiger partial charge in [0.2, 0.25) is 5.91 Å². The number of amides is 1. The van der Waals surface area contributed by atoms with Gasteiger partial charge in [0.1, 0.15) is 0 Å². The van der Waals surface area contributed by atoms with Crippen molar-refractivity contribution in [1.82, 2.24) is 5.32 Å². The van der Waals surface area contributed by atoms with E-state index in [4.69, 9.17) is 0 Å². The fourth-order valence-electron chi connectivity index (χ4n) is 1.38. The number of hydrogen-bond donors (Lipinski definition) is 1. The van der Waals surface area contributed by atoms with Gasteiger partial charge in [-0.05, 0) is 26.2 Å². The molecule has 0 saturated heterocycles. The second kappa shape index (κ2) is 7.84. The fraction of sp³-hybridized carbons (Fsp3) is 0.917. The van der Waals surface area contributed by atoms with Gasteiger partial charge in [0.05, 0.1) is 0 Å². The van der Waals surface area contributed by atoms with E-state index in [0.717, 1.165) is 12.3 Å². The van der Waals surface area contributed by atoms with Gasteiger partial charge in [0.15, 0.2) is 0 Å². The van der Waals surface area contributed by atoms with Gasteiger partial charge < -0.3 is 5.32 Å². The minimum Gasteiger partial charge on any atom is -0.354 e. The molecule has 0 aliphatic heterocycles. The Morgan fingerprint density at radius 1 is 1.21 bits per heavy atom. The van der Waals surface area contributed by atoms with Crippen LogP contribution in [0.2, 0.25) is 0 Å². The summed E-state index contributed by atoms with van der Waals surface area (Å²) in [5.74, 6) is 1.01. The average Bonchev–Trinajstić information content (AvgIpc) is 2.10. The maximum Gasteiger partial charge on any atom is 0.220 e. The topological polar surface area (TPSA) is 29.1 Å². The summed E-state index contributed by atoms with van der Waals surface area (Å²) in [5.41, 5.74) is 0. The van der Waals surface area contributed by atoms with Gasteiger partial charge in [-0.3, -0.25) is 4.79 Å². The summed E-state index contributed by atoms with van der Waals surface area (Å²) in [6.07, 6.45) is 5.40. The second-order valence-electron chi connectivity index (χ2n) is 4.48. The molecule has 1 N–H and O–H groups in total. The zero-order valence-electron chi connectivity index (χ0n) is 10.1. The summed E-state index contributed by atoms with van der Waals surface area (Å²) < 4.78 is 0. The maximum absolute atomic E-state index is 11.3. The van der Waals surface area contributed by atoms with E-state index in [-0.39, 0.29) is 11.9 Å². The smallest absolute Gasteiger partial charge is 0.220 e. The van der Waals surface area contributed by atoms with Crippen LogP contribution >= 0.6 is 0 Å². The molecule has 1 amide bonds. The number of nitrogens with one attached hydrogen (secondary N) is 1. The fourth-order valence-corrected chi connectivity index (χ4v) is 1.38. The number of carbonyl (C=O) groups is 1. The molecular weight excluding hydrogens is 174 g/mol. The molecule has 1 atom stereocenters. The number of hydrogen-bond acceptors (Lipinski definition) is 1. The summed E-state index contributed by atoms with van der Waals surface area (Å²) in [6, 6.07) is 0.275. The van der Waals surface area contributed by atoms with E-state index in [1.807, 2.05) is 13.8 Å². The Hall–Kier alpha value is -0.530. The Morgan fingerprint density at radius 3 is 2.36 bits per heavy atom. The zero-order chi connectivity index (χ0) is 11.0. The van der Waals surface area contributed by atoms with Gasteiger partial charge in [-0.2, -0.15) is 0 Å². The van der Waals surface area contributed by atoms with Crippen molar-refractivity contribution in [1.29, 1.82) is 0 Å². The Balaban J connectivity index is 3.31. The van der Waals surface area contributed by atoms with Crippen LogP contribution in [0.1, 0.15) is 59.8 Å². The maximum atomic E-state index is 11.3.